The number of nitrogens with zero attached hydrogens (tertiary/aromatic N) is 2. The Labute approximate surface area is 91.8 Å². The van der Waals surface area contributed by atoms with Crippen LogP contribution < -0.4 is 11.1 Å². The maximum absolute atomic E-state index is 5.43. The summed E-state index contributed by atoms with van der Waals surface area (Å²) in [4.78, 5) is 0. The summed E-state index contributed by atoms with van der Waals surface area (Å²) in [5.74, 6) is 1.09. The van der Waals surface area contributed by atoms with Crippen molar-refractivity contribution in [3.8, 4) is 0 Å². The van der Waals surface area contributed by atoms with Crippen LogP contribution in [0.3, 0.4) is 0 Å². The molecule has 0 spiro atoms. The summed E-state index contributed by atoms with van der Waals surface area (Å²) >= 11 is 0. The van der Waals surface area contributed by atoms with Gasteiger partial charge in [0, 0.05) is 19.7 Å². The second-order valence-corrected chi connectivity index (χ2v) is 3.82. The molecule has 0 aromatic carbocycles. The van der Waals surface area contributed by atoms with Crippen molar-refractivity contribution in [3.05, 3.63) is 12.3 Å². The molecule has 15 heavy (non-hydrogen) atoms. The molecule has 0 aliphatic rings. The van der Waals surface area contributed by atoms with Gasteiger partial charge in [-0.25, -0.2) is 0 Å². The van der Waals surface area contributed by atoms with Gasteiger partial charge in [0.2, 0.25) is 0 Å². The standard InChI is InChI=1S/C11H22N4/c1-15-11(7-10-14-15)13-9-6-4-2-3-5-8-12/h7,10,13H,2-6,8-9,12H2,1H3. The van der Waals surface area contributed by atoms with Crippen molar-refractivity contribution in [2.75, 3.05) is 18.4 Å². The molecule has 4 nitrogen and oxygen atoms in total. The van der Waals surface area contributed by atoms with Gasteiger partial charge in [0.1, 0.15) is 5.82 Å². The molecule has 0 aliphatic carbocycles. The summed E-state index contributed by atoms with van der Waals surface area (Å²) in [6, 6.07) is 1.99. The zero-order valence-electron chi connectivity index (χ0n) is 9.58. The van der Waals surface area contributed by atoms with Crippen molar-refractivity contribution in [1.82, 2.24) is 9.78 Å². The topological polar surface area (TPSA) is 55.9 Å². The minimum absolute atomic E-state index is 0.827. The first-order chi connectivity index (χ1) is 7.34. The Morgan fingerprint density at radius 3 is 2.67 bits per heavy atom. The Kier molecular flexibility index (Phi) is 5.85. The first-order valence-electron chi connectivity index (χ1n) is 5.76. The van der Waals surface area contributed by atoms with Gasteiger partial charge in [-0.2, -0.15) is 5.10 Å². The van der Waals surface area contributed by atoms with E-state index >= 15 is 0 Å². The first-order valence-corrected chi connectivity index (χ1v) is 5.76. The third-order valence-corrected chi connectivity index (χ3v) is 2.51. The lowest BCUT2D eigenvalue weighted by atomic mass is 10.1. The highest BCUT2D eigenvalue weighted by Gasteiger charge is 1.95. The lowest BCUT2D eigenvalue weighted by Gasteiger charge is -2.05. The number of nitrogens with two attached hydrogens (primary N) is 1. The smallest absolute Gasteiger partial charge is 0.123 e. The summed E-state index contributed by atoms with van der Waals surface area (Å²) < 4.78 is 1.86. The molecule has 86 valence electrons. The van der Waals surface area contributed by atoms with Gasteiger partial charge >= 0.3 is 0 Å². The normalized spacial score (nSPS) is 10.5. The summed E-state index contributed by atoms with van der Waals surface area (Å²) in [7, 11) is 1.95. The Morgan fingerprint density at radius 2 is 2.00 bits per heavy atom. The maximum Gasteiger partial charge on any atom is 0.123 e. The van der Waals surface area contributed by atoms with E-state index in [1.807, 2.05) is 24.0 Å². The van der Waals surface area contributed by atoms with Crippen LogP contribution in [0, 0.1) is 0 Å². The van der Waals surface area contributed by atoms with E-state index in [2.05, 4.69) is 10.4 Å². The van der Waals surface area contributed by atoms with Crippen molar-refractivity contribution < 1.29 is 0 Å². The second-order valence-electron chi connectivity index (χ2n) is 3.82. The van der Waals surface area contributed by atoms with E-state index in [0.29, 0.717) is 0 Å². The molecule has 1 heterocycles. The average Bonchev–Trinajstić information content (AvgIpc) is 2.63. The van der Waals surface area contributed by atoms with E-state index in [4.69, 9.17) is 5.73 Å². The van der Waals surface area contributed by atoms with Gasteiger partial charge in [-0.1, -0.05) is 19.3 Å². The van der Waals surface area contributed by atoms with Gasteiger partial charge in [0.25, 0.3) is 0 Å². The van der Waals surface area contributed by atoms with E-state index in [1.54, 1.807) is 0 Å². The largest absolute Gasteiger partial charge is 0.370 e. The van der Waals surface area contributed by atoms with E-state index < -0.39 is 0 Å². The molecule has 3 N–H and O–H groups in total. The Morgan fingerprint density at radius 1 is 1.27 bits per heavy atom. The fourth-order valence-corrected chi connectivity index (χ4v) is 1.56. The monoisotopic (exact) mass is 210 g/mol. The Hall–Kier alpha value is -1.03. The number of rotatable bonds is 8. The third kappa shape index (κ3) is 4.83. The number of nitrogens with one attached hydrogen (secondary N) is 1. The second kappa shape index (κ2) is 7.29. The van der Waals surface area contributed by atoms with Crippen molar-refractivity contribution in [2.24, 2.45) is 12.8 Å². The molecule has 0 fully saturated rings. The van der Waals surface area contributed by atoms with Crippen LogP contribution in [0.25, 0.3) is 0 Å². The van der Waals surface area contributed by atoms with Crippen LogP contribution in [-0.4, -0.2) is 22.9 Å². The molecule has 0 unspecified atom stereocenters. The number of hydrogen-bond donors (Lipinski definition) is 2. The molecular formula is C11H22N4. The SMILES string of the molecule is Cn1nccc1NCCCCCCCN. The summed E-state index contributed by atoms with van der Waals surface area (Å²) in [5.41, 5.74) is 5.43. The molecule has 0 amide bonds. The highest BCUT2D eigenvalue weighted by Crippen LogP contribution is 2.05. The summed E-state index contributed by atoms with van der Waals surface area (Å²) in [6.07, 6.45) is 8.03. The van der Waals surface area contributed by atoms with Crippen molar-refractivity contribution in [3.63, 3.8) is 0 Å². The van der Waals surface area contributed by atoms with Gasteiger partial charge in [0.05, 0.1) is 6.20 Å². The van der Waals surface area contributed by atoms with Crippen molar-refractivity contribution >= 4 is 5.82 Å². The highest BCUT2D eigenvalue weighted by molar-refractivity contribution is 5.32. The van der Waals surface area contributed by atoms with Crippen molar-refractivity contribution in [1.29, 1.82) is 0 Å². The molecule has 1 aromatic heterocycles. The van der Waals surface area contributed by atoms with Crippen molar-refractivity contribution in [2.45, 2.75) is 32.1 Å². The highest BCUT2D eigenvalue weighted by atomic mass is 15.3. The molecule has 0 bridgehead atoms. The van der Waals surface area contributed by atoms with Gasteiger partial charge in [-0.05, 0) is 19.4 Å². The van der Waals surface area contributed by atoms with Crippen LogP contribution in [0.5, 0.6) is 0 Å². The summed E-state index contributed by atoms with van der Waals surface area (Å²) in [5, 5.41) is 7.46. The molecule has 0 saturated carbocycles. The molecule has 0 radical (unpaired) electrons. The van der Waals surface area contributed by atoms with Gasteiger partial charge in [-0.15, -0.1) is 0 Å². The van der Waals surface area contributed by atoms with Crippen LogP contribution in [0.4, 0.5) is 5.82 Å². The minimum Gasteiger partial charge on any atom is -0.370 e. The van der Waals surface area contributed by atoms with Gasteiger partial charge in [0.15, 0.2) is 0 Å². The van der Waals surface area contributed by atoms with Crippen LogP contribution in [0.2, 0.25) is 0 Å². The van der Waals surface area contributed by atoms with Gasteiger partial charge in [-0.3, -0.25) is 4.68 Å². The number of aromatic nitrogens is 2. The fourth-order valence-electron chi connectivity index (χ4n) is 1.56. The molecule has 0 saturated heterocycles. The van der Waals surface area contributed by atoms with Gasteiger partial charge < -0.3 is 11.1 Å². The lowest BCUT2D eigenvalue weighted by Crippen LogP contribution is -2.06. The molecule has 4 heteroatoms. The fraction of sp³-hybridized carbons (Fsp3) is 0.727. The number of unbranched alkanes of at least 4 members (excludes halogenated alkanes) is 4. The number of hydrogen-bond acceptors (Lipinski definition) is 3. The molecule has 1 rings (SSSR count). The zero-order valence-corrected chi connectivity index (χ0v) is 9.58. The number of aryl methyl sites for hydroxylation is 1. The quantitative estimate of drug-likeness (QED) is 0.643. The van der Waals surface area contributed by atoms with Crippen LogP contribution in [-0.2, 0) is 7.05 Å². The predicted octanol–water partition coefficient (Wildman–Crippen LogP) is 1.74. The maximum atomic E-state index is 5.43. The molecule has 0 aliphatic heterocycles. The minimum atomic E-state index is 0.827. The van der Waals surface area contributed by atoms with Crippen LogP contribution >= 0.6 is 0 Å². The zero-order chi connectivity index (χ0) is 10.9. The van der Waals surface area contributed by atoms with E-state index in [1.165, 1.54) is 25.7 Å². The molecule has 1 aromatic rings. The Bertz CT molecular complexity index is 257. The van der Waals surface area contributed by atoms with E-state index in [9.17, 15) is 0 Å². The summed E-state index contributed by atoms with van der Waals surface area (Å²) in [6.45, 7) is 1.86. The first kappa shape index (κ1) is 12.0. The third-order valence-electron chi connectivity index (χ3n) is 2.51. The predicted molar refractivity (Wildman–Crippen MR) is 63.8 cm³/mol. The van der Waals surface area contributed by atoms with E-state index in [0.717, 1.165) is 25.3 Å². The number of anilines is 1. The average molecular weight is 210 g/mol. The Balaban J connectivity index is 1.96. The molecular weight excluding hydrogens is 188 g/mol. The van der Waals surface area contributed by atoms with Crippen LogP contribution in [0.15, 0.2) is 12.3 Å². The lowest BCUT2D eigenvalue weighted by molar-refractivity contribution is 0.627. The molecule has 0 atom stereocenters. The van der Waals surface area contributed by atoms with E-state index in [-0.39, 0.29) is 0 Å². The van der Waals surface area contributed by atoms with Crippen LogP contribution in [0.1, 0.15) is 32.1 Å².